The van der Waals surface area contributed by atoms with Crippen molar-refractivity contribution >= 4 is 102 Å². The van der Waals surface area contributed by atoms with Crippen LogP contribution < -0.4 is 105 Å². The van der Waals surface area contributed by atoms with Crippen LogP contribution in [-0.2, 0) is 104 Å². The van der Waals surface area contributed by atoms with Crippen molar-refractivity contribution in [3.8, 4) is 0 Å². The third-order valence-corrected chi connectivity index (χ3v) is 17.8. The summed E-state index contributed by atoms with van der Waals surface area (Å²) in [6.07, 6.45) is -25.1. The number of nitrogens with two attached hydrogens (primary N) is 2. The molecule has 3 fully saturated rings. The molecule has 0 saturated carbocycles. The number of rotatable bonds is 49. The number of carbonyl (C=O) groups is 15. The number of amides is 14. The van der Waals surface area contributed by atoms with Crippen molar-refractivity contribution in [2.24, 2.45) is 16.5 Å². The number of carboxylic acid groups (broad SMARTS) is 1. The molecule has 0 radical (unpaired) electrons. The maximum absolute atomic E-state index is 13.9. The van der Waals surface area contributed by atoms with Gasteiger partial charge in [-0.3, -0.25) is 86.0 Å². The van der Waals surface area contributed by atoms with Gasteiger partial charge in [0.15, 0.2) is 12.6 Å². The van der Waals surface area contributed by atoms with E-state index in [1.54, 1.807) is 6.92 Å². The second-order valence-corrected chi connectivity index (χ2v) is 27.3. The molecule has 0 aromatic carbocycles. The van der Waals surface area contributed by atoms with Gasteiger partial charge in [-0.25, -0.2) is 4.57 Å². The van der Waals surface area contributed by atoms with Crippen LogP contribution in [0.3, 0.4) is 0 Å². The predicted octanol–water partition coefficient (Wildman–Crippen LogP) is -21.1. The quantitative estimate of drug-likeness (QED) is 0.00884. The Hall–Kier alpha value is -8.01. The second-order valence-electron chi connectivity index (χ2n) is 25.8. The molecule has 3 aliphatic rings. The number of aliphatic hydroxyl groups is 12. The molecule has 14 amide bonds. The van der Waals surface area contributed by atoms with Crippen LogP contribution in [0.25, 0.3) is 0 Å². The summed E-state index contributed by atoms with van der Waals surface area (Å²) in [4.78, 5) is 211. The summed E-state index contributed by atoms with van der Waals surface area (Å²) in [7, 11) is -5.15. The Morgan fingerprint density at radius 2 is 1.08 bits per heavy atom. The number of hydrogen-bond acceptors (Lipinski definition) is 36. The number of phosphoric ester groups is 1. The molecule has 3 aliphatic heterocycles. The van der Waals surface area contributed by atoms with Gasteiger partial charge in [0.25, 0.3) is 0 Å². The minimum atomic E-state index is -5.15. The van der Waals surface area contributed by atoms with Gasteiger partial charge < -0.3 is 170 Å². The summed E-state index contributed by atoms with van der Waals surface area (Å²) in [6, 6.07) is -20.0. The third-order valence-electron chi connectivity index (χ3n) is 16.8. The molecule has 23 atom stereocenters. The first-order valence-electron chi connectivity index (χ1n) is 35.0. The van der Waals surface area contributed by atoms with E-state index in [9.17, 15) is 153 Å². The molecule has 52 nitrogen and oxygen atoms in total. The van der Waals surface area contributed by atoms with Crippen LogP contribution in [0.4, 0.5) is 0 Å². The molecule has 1 unspecified atom stereocenters. The number of carboxylic acids is 1. The van der Waals surface area contributed by atoms with Gasteiger partial charge in [-0.05, 0) is 52.4 Å². The first-order chi connectivity index (χ1) is 53.5. The summed E-state index contributed by atoms with van der Waals surface area (Å²) < 4.78 is 44.7. The number of aliphatic hydroxyl groups excluding tert-OH is 12. The third kappa shape index (κ3) is 33.5. The van der Waals surface area contributed by atoms with Gasteiger partial charge in [-0.1, -0.05) is 6.92 Å². The predicted molar refractivity (Wildman–Crippen MR) is 370 cm³/mol. The molecule has 0 aliphatic carbocycles. The van der Waals surface area contributed by atoms with Gasteiger partial charge in [0.05, 0.1) is 77.8 Å². The van der Waals surface area contributed by atoms with Gasteiger partial charge in [-0.15, -0.1) is 0 Å². The monoisotopic (exact) mass is 1690 g/mol. The maximum Gasteiger partial charge on any atom is 1.00 e. The zero-order chi connectivity index (χ0) is 86.2. The van der Waals surface area contributed by atoms with Crippen LogP contribution in [0.15, 0.2) is 4.99 Å². The molecule has 0 aromatic heterocycles. The number of aliphatic carboxylic acids is 1. The van der Waals surface area contributed by atoms with E-state index < -0.39 is 328 Å². The first-order valence-corrected chi connectivity index (χ1v) is 36.5. The van der Waals surface area contributed by atoms with Crippen LogP contribution in [0, 0.1) is 0 Å². The molecule has 0 aromatic rings. The molecular weight excluding hydrogens is 1590 g/mol. The van der Waals surface area contributed by atoms with Crippen molar-refractivity contribution in [3.63, 3.8) is 0 Å². The van der Waals surface area contributed by atoms with Crippen LogP contribution in [0.1, 0.15) is 72.6 Å². The van der Waals surface area contributed by atoms with Crippen molar-refractivity contribution in [1.82, 2.24) is 63.4 Å². The minimum absolute atomic E-state index is 0. The van der Waals surface area contributed by atoms with Crippen molar-refractivity contribution < 1.29 is 210 Å². The average Bonchev–Trinajstić information content (AvgIpc) is 1.35. The van der Waals surface area contributed by atoms with Crippen LogP contribution in [-0.4, -0.2) is 384 Å². The van der Waals surface area contributed by atoms with Gasteiger partial charge in [0.1, 0.15) is 116 Å². The fourth-order valence-corrected chi connectivity index (χ4v) is 11.5. The van der Waals surface area contributed by atoms with E-state index in [1.807, 2.05) is 31.9 Å². The zero-order valence-corrected chi connectivity index (χ0v) is 65.7. The Morgan fingerprint density at radius 1 is 0.583 bits per heavy atom. The number of primary amides is 2. The van der Waals surface area contributed by atoms with Crippen molar-refractivity contribution in [3.05, 3.63) is 0 Å². The molecule has 3 saturated heterocycles. The molecular formula is C61H101N15NaO37P. The molecule has 115 heavy (non-hydrogen) atoms. The Morgan fingerprint density at radius 3 is 1.59 bits per heavy atom. The van der Waals surface area contributed by atoms with Gasteiger partial charge in [0, 0.05) is 26.1 Å². The fraction of sp³-hybridized carbons (Fsp3) is 0.738. The molecule has 54 heteroatoms. The molecule has 0 bridgehead atoms. The Labute approximate surface area is 675 Å². The van der Waals surface area contributed by atoms with Crippen LogP contribution in [0.5, 0.6) is 0 Å². The number of nitrogens with one attached hydrogen (secondary N) is 11. The van der Waals surface area contributed by atoms with E-state index in [4.69, 9.17) is 39.5 Å². The number of likely N-dealkylation sites (tertiary alicyclic amines) is 1. The topological polar surface area (TPSA) is 835 Å². The molecule has 3 rings (SSSR count). The molecule has 29 N–H and O–H groups in total. The normalized spacial score (nSPS) is 24.1. The average molecular weight is 1690 g/mol. The zero-order valence-electron chi connectivity index (χ0n) is 62.8. The summed E-state index contributed by atoms with van der Waals surface area (Å²) in [5, 5.41) is 168. The van der Waals surface area contributed by atoms with E-state index in [0.717, 1.165) is 25.7 Å². The summed E-state index contributed by atoms with van der Waals surface area (Å²) in [6.45, 7) is -5.36. The number of ether oxygens (including phenoxy) is 4. The smallest absolute Gasteiger partial charge is 0.862 e. The first kappa shape index (κ1) is 103. The SMILES string of the molecule is CCCO[C@H]1O[C@H](CO)[C@@H](O)[C@H](O)[C@@H]1O[C@H]1O[C@H](COP(=O)(O)OCCNC(=O)[C@@H](CO)NC(=O)[C@@H]2CCCN2C(=O)[C@H](CO)NC(=O)[C@H](CO)NC(=O)[C@@H](NC(=O)[C@H](CCC(N)=O)NC(=O)[C@H](CO)NC(=O)[C@@H](NC(=O)[C@H](CC(=O)O)NC(=O)[C@H](CC(N)=O)NC(=O)CNC(=O)CN=C(C)[O-])[C@@H](C)O)[C@@H](C)O)[C@@H](O)[C@H](O)[C@@H]1O.[Na+]. The van der Waals surface area contributed by atoms with Crippen molar-refractivity contribution in [1.29, 1.82) is 0 Å². The number of carbonyl (C=O) groups excluding carboxylic acids is 14. The summed E-state index contributed by atoms with van der Waals surface area (Å²) in [5.74, 6) is -20.5. The summed E-state index contributed by atoms with van der Waals surface area (Å²) >= 11 is 0. The van der Waals surface area contributed by atoms with E-state index in [1.165, 1.54) is 0 Å². The Balaban J connectivity index is 0.0000449. The van der Waals surface area contributed by atoms with Crippen molar-refractivity contribution in [2.75, 3.05) is 79.0 Å². The number of nitrogens with zero attached hydrogens (tertiary/aromatic N) is 2. The molecule has 3 heterocycles. The van der Waals surface area contributed by atoms with Gasteiger partial charge in [0.2, 0.25) is 82.7 Å². The van der Waals surface area contributed by atoms with Crippen LogP contribution >= 0.6 is 7.82 Å². The largest absolute Gasteiger partial charge is 1.00 e. The molecule has 0 spiro atoms. The van der Waals surface area contributed by atoms with E-state index in [-0.39, 0.29) is 55.6 Å². The maximum atomic E-state index is 13.9. The second kappa shape index (κ2) is 50.6. The Kier molecular flexibility index (Phi) is 45.3. The fourth-order valence-electron chi connectivity index (χ4n) is 10.8. The number of phosphoric acid groups is 1. The van der Waals surface area contributed by atoms with Crippen LogP contribution in [0.2, 0.25) is 0 Å². The van der Waals surface area contributed by atoms with Gasteiger partial charge >= 0.3 is 43.3 Å². The van der Waals surface area contributed by atoms with E-state index in [0.29, 0.717) is 6.42 Å². The minimum Gasteiger partial charge on any atom is -0.862 e. The van der Waals surface area contributed by atoms with Crippen molar-refractivity contribution in [2.45, 2.75) is 207 Å². The molecule has 648 valence electrons. The van der Waals surface area contributed by atoms with Gasteiger partial charge in [-0.2, -0.15) is 0 Å². The Bertz CT molecular complexity index is 3390. The number of hydrogen-bond donors (Lipinski definition) is 27. The van der Waals surface area contributed by atoms with E-state index >= 15 is 0 Å². The number of aliphatic imine (C=N–C) groups is 1. The summed E-state index contributed by atoms with van der Waals surface area (Å²) in [5.41, 5.74) is 10.5. The van der Waals surface area contributed by atoms with E-state index in [2.05, 4.69) is 31.6 Å². The standard InChI is InChI=1S/C61H102N15O37P.Na/c1-5-12-108-61-49(47(94)44(91)35(22-81)111-61)113-60-48(95)46(93)45(92)36(112-60)23-110-114(106,107)109-13-10-64-50(96)30(18-77)70-56(102)34-7-6-11-76(34)59(105)33(21-80)73-55(101)32(20-79)72-57(103)42(24(2)82)74-51(97)27(8-9-37(62)85)68-54(100)31(19-78)71-58(104)43(25(3)83)75-53(99)29(15-41(89)90)69-52(98)28(14-38(63)86)67-40(88)17-66-39(87)16-65-26(4)84;/h24-25,27-36,42-49,60-61,77-83,91-95H,5-23H2,1-4H3,(H2,62,85)(H2,63,86)(H,64,96)(H,65,84)(H,66,87)(H,67,88)(H,68,100)(H,69,98)(H,70,102)(H,71,104)(H,72,103)(H,73,101)(H,74,97)(H,75,99)(H,89,90)(H,106,107);/q;+1/p-1/t24-,25-,27+,28+,29+,30-,31+,32+,33+,34+,35-,36-,42+,43+,44-,45-,46+,47+,48+,49+,60-,61+;/m1./s1.